The Bertz CT molecular complexity index is 382. The monoisotopic (exact) mass is 286 g/mol. The summed E-state index contributed by atoms with van der Waals surface area (Å²) in [7, 11) is 0. The number of halogens is 5. The van der Waals surface area contributed by atoms with Gasteiger partial charge in [-0.25, -0.2) is 0 Å². The number of alkyl halides is 3. The predicted octanol–water partition coefficient (Wildman–Crippen LogP) is 3.84. The third-order valence-corrected chi connectivity index (χ3v) is 2.82. The zero-order valence-electron chi connectivity index (χ0n) is 8.69. The van der Waals surface area contributed by atoms with Crippen molar-refractivity contribution in [2.45, 2.75) is 25.1 Å². The Morgan fingerprint density at radius 2 is 1.94 bits per heavy atom. The third-order valence-electron chi connectivity index (χ3n) is 2.26. The minimum atomic E-state index is -4.21. The predicted molar refractivity (Wildman–Crippen MR) is 61.8 cm³/mol. The molecule has 2 nitrogen and oxygen atoms in total. The lowest BCUT2D eigenvalue weighted by Gasteiger charge is -2.18. The number of nitrogens with one attached hydrogen (secondary N) is 1. The van der Waals surface area contributed by atoms with Crippen molar-refractivity contribution in [2.75, 3.05) is 0 Å². The second-order valence-corrected chi connectivity index (χ2v) is 4.38. The highest BCUT2D eigenvalue weighted by molar-refractivity contribution is 6.35. The van der Waals surface area contributed by atoms with Gasteiger partial charge in [-0.15, -0.1) is 0 Å². The van der Waals surface area contributed by atoms with Gasteiger partial charge in [0, 0.05) is 22.5 Å². The van der Waals surface area contributed by atoms with E-state index in [1.807, 2.05) is 0 Å². The molecule has 1 aromatic rings. The van der Waals surface area contributed by atoms with Crippen molar-refractivity contribution in [1.82, 2.24) is 5.43 Å². The highest BCUT2D eigenvalue weighted by atomic mass is 35.5. The quantitative estimate of drug-likeness (QED) is 0.652. The second kappa shape index (κ2) is 5.91. The first-order valence-electron chi connectivity index (χ1n) is 4.81. The van der Waals surface area contributed by atoms with Crippen molar-refractivity contribution in [3.05, 3.63) is 33.8 Å². The van der Waals surface area contributed by atoms with Crippen LogP contribution in [0.5, 0.6) is 0 Å². The summed E-state index contributed by atoms with van der Waals surface area (Å²) in [4.78, 5) is 0. The van der Waals surface area contributed by atoms with E-state index in [1.165, 1.54) is 6.07 Å². The van der Waals surface area contributed by atoms with Crippen molar-refractivity contribution >= 4 is 23.2 Å². The van der Waals surface area contributed by atoms with E-state index in [0.717, 1.165) is 0 Å². The molecule has 0 saturated carbocycles. The normalized spacial score (nSPS) is 13.8. The van der Waals surface area contributed by atoms with Crippen molar-refractivity contribution < 1.29 is 13.2 Å². The molecule has 0 amide bonds. The molecule has 0 spiro atoms. The van der Waals surface area contributed by atoms with Gasteiger partial charge in [-0.1, -0.05) is 29.3 Å². The molecule has 0 aliphatic rings. The molecule has 1 atom stereocenters. The summed E-state index contributed by atoms with van der Waals surface area (Å²) in [5, 5.41) is 0.716. The van der Waals surface area contributed by atoms with Crippen LogP contribution in [0.25, 0.3) is 0 Å². The maximum Gasteiger partial charge on any atom is 0.389 e. The van der Waals surface area contributed by atoms with Crippen molar-refractivity contribution in [2.24, 2.45) is 5.84 Å². The summed E-state index contributed by atoms with van der Waals surface area (Å²) >= 11 is 11.6. The van der Waals surface area contributed by atoms with Crippen LogP contribution in [0, 0.1) is 0 Å². The molecule has 3 N–H and O–H groups in total. The van der Waals surface area contributed by atoms with E-state index in [0.29, 0.717) is 15.6 Å². The first-order chi connectivity index (χ1) is 7.83. The molecule has 17 heavy (non-hydrogen) atoms. The topological polar surface area (TPSA) is 38.0 Å². The van der Waals surface area contributed by atoms with Gasteiger partial charge < -0.3 is 0 Å². The van der Waals surface area contributed by atoms with Crippen LogP contribution in [0.3, 0.4) is 0 Å². The zero-order valence-corrected chi connectivity index (χ0v) is 10.2. The Kier molecular flexibility index (Phi) is 5.06. The molecular formula is C10H11Cl2F3N2. The molecule has 0 saturated heterocycles. The van der Waals surface area contributed by atoms with Crippen molar-refractivity contribution in [1.29, 1.82) is 0 Å². The van der Waals surface area contributed by atoms with E-state index < -0.39 is 18.6 Å². The highest BCUT2D eigenvalue weighted by Crippen LogP contribution is 2.31. The molecular weight excluding hydrogens is 276 g/mol. The summed E-state index contributed by atoms with van der Waals surface area (Å²) in [6.07, 6.45) is -5.32. The first kappa shape index (κ1) is 14.6. The van der Waals surface area contributed by atoms with Crippen LogP contribution in [-0.2, 0) is 0 Å². The van der Waals surface area contributed by atoms with Gasteiger partial charge in [0.2, 0.25) is 0 Å². The molecule has 1 unspecified atom stereocenters. The zero-order chi connectivity index (χ0) is 13.1. The molecule has 0 bridgehead atoms. The maximum absolute atomic E-state index is 12.1. The number of hydrazine groups is 1. The van der Waals surface area contributed by atoms with Crippen molar-refractivity contribution in [3.8, 4) is 0 Å². The van der Waals surface area contributed by atoms with Gasteiger partial charge in [-0.05, 0) is 24.1 Å². The van der Waals surface area contributed by atoms with Crippen LogP contribution in [0.15, 0.2) is 18.2 Å². The molecule has 0 aliphatic heterocycles. The van der Waals surface area contributed by atoms with Crippen LogP contribution < -0.4 is 11.3 Å². The van der Waals surface area contributed by atoms with E-state index in [9.17, 15) is 13.2 Å². The van der Waals surface area contributed by atoms with Crippen LogP contribution in [0.1, 0.15) is 24.4 Å². The Labute approximate surface area is 107 Å². The highest BCUT2D eigenvalue weighted by Gasteiger charge is 2.28. The van der Waals surface area contributed by atoms with Crippen LogP contribution in [-0.4, -0.2) is 6.18 Å². The molecule has 0 aliphatic carbocycles. The Hall–Kier alpha value is -0.490. The fourth-order valence-electron chi connectivity index (χ4n) is 1.42. The van der Waals surface area contributed by atoms with E-state index in [4.69, 9.17) is 29.0 Å². The minimum Gasteiger partial charge on any atom is -0.271 e. The average Bonchev–Trinajstić information content (AvgIpc) is 2.19. The number of nitrogens with two attached hydrogens (primary N) is 1. The SMILES string of the molecule is NNC(CCC(F)(F)F)c1ccc(Cl)cc1Cl. The van der Waals surface area contributed by atoms with Gasteiger partial charge in [0.15, 0.2) is 0 Å². The van der Waals surface area contributed by atoms with E-state index in [1.54, 1.807) is 12.1 Å². The fraction of sp³-hybridized carbons (Fsp3) is 0.400. The number of hydrogen-bond acceptors (Lipinski definition) is 2. The summed E-state index contributed by atoms with van der Waals surface area (Å²) in [5.41, 5.74) is 2.83. The standard InChI is InChI=1S/C10H11Cl2F3N2/c11-6-1-2-7(8(12)5-6)9(17-16)3-4-10(13,14)15/h1-2,5,9,17H,3-4,16H2. The van der Waals surface area contributed by atoms with Crippen LogP contribution >= 0.6 is 23.2 Å². The largest absolute Gasteiger partial charge is 0.389 e. The first-order valence-corrected chi connectivity index (χ1v) is 5.57. The summed E-state index contributed by atoms with van der Waals surface area (Å²) in [5.74, 6) is 5.23. The maximum atomic E-state index is 12.1. The van der Waals surface area contributed by atoms with E-state index in [2.05, 4.69) is 5.43 Å². The summed E-state index contributed by atoms with van der Waals surface area (Å²) in [6.45, 7) is 0. The Morgan fingerprint density at radius 1 is 1.29 bits per heavy atom. The number of rotatable bonds is 4. The van der Waals surface area contributed by atoms with Crippen LogP contribution in [0.4, 0.5) is 13.2 Å². The van der Waals surface area contributed by atoms with Gasteiger partial charge in [0.1, 0.15) is 0 Å². The number of benzene rings is 1. The average molecular weight is 287 g/mol. The molecule has 0 radical (unpaired) electrons. The van der Waals surface area contributed by atoms with Gasteiger partial charge in [-0.3, -0.25) is 11.3 Å². The van der Waals surface area contributed by atoms with Gasteiger partial charge in [0.25, 0.3) is 0 Å². The smallest absolute Gasteiger partial charge is 0.271 e. The lowest BCUT2D eigenvalue weighted by molar-refractivity contribution is -0.136. The summed E-state index contributed by atoms with van der Waals surface area (Å²) < 4.78 is 36.3. The molecule has 1 aromatic carbocycles. The van der Waals surface area contributed by atoms with Gasteiger partial charge >= 0.3 is 6.18 Å². The minimum absolute atomic E-state index is 0.179. The summed E-state index contributed by atoms with van der Waals surface area (Å²) in [6, 6.07) is 3.93. The Balaban J connectivity index is 2.79. The third kappa shape index (κ3) is 4.71. The van der Waals surface area contributed by atoms with Crippen molar-refractivity contribution in [3.63, 3.8) is 0 Å². The van der Waals surface area contributed by atoms with Crippen LogP contribution in [0.2, 0.25) is 10.0 Å². The Morgan fingerprint density at radius 3 is 2.41 bits per heavy atom. The molecule has 0 fully saturated rings. The van der Waals surface area contributed by atoms with Gasteiger partial charge in [-0.2, -0.15) is 13.2 Å². The lowest BCUT2D eigenvalue weighted by atomic mass is 10.0. The van der Waals surface area contributed by atoms with E-state index in [-0.39, 0.29) is 6.42 Å². The molecule has 96 valence electrons. The second-order valence-electron chi connectivity index (χ2n) is 3.54. The molecule has 7 heteroatoms. The molecule has 0 heterocycles. The lowest BCUT2D eigenvalue weighted by Crippen LogP contribution is -2.29. The fourth-order valence-corrected chi connectivity index (χ4v) is 1.96. The van der Waals surface area contributed by atoms with Gasteiger partial charge in [0.05, 0.1) is 0 Å². The number of hydrogen-bond donors (Lipinski definition) is 2. The van der Waals surface area contributed by atoms with E-state index >= 15 is 0 Å². The molecule has 0 aromatic heterocycles. The molecule has 1 rings (SSSR count).